The first-order chi connectivity index (χ1) is 9.52. The van der Waals surface area contributed by atoms with Crippen molar-refractivity contribution < 1.29 is 4.92 Å². The Kier molecular flexibility index (Phi) is 4.46. The van der Waals surface area contributed by atoms with Gasteiger partial charge in [0.2, 0.25) is 0 Å². The fraction of sp³-hybridized carbons (Fsp3) is 0.0769. The van der Waals surface area contributed by atoms with E-state index in [9.17, 15) is 10.1 Å². The summed E-state index contributed by atoms with van der Waals surface area (Å²) in [6.45, 7) is 0. The number of benzene rings is 2. The largest absolute Gasteiger partial charge is 0.382 e. The zero-order valence-corrected chi connectivity index (χ0v) is 12.8. The van der Waals surface area contributed by atoms with Crippen LogP contribution >= 0.6 is 27.5 Å². The summed E-state index contributed by atoms with van der Waals surface area (Å²) in [7, 11) is 1.64. The van der Waals surface area contributed by atoms with Crippen molar-refractivity contribution in [3.8, 4) is 0 Å². The lowest BCUT2D eigenvalue weighted by Crippen LogP contribution is -2.01. The number of anilines is 3. The second-order valence-electron chi connectivity index (χ2n) is 3.96. The van der Waals surface area contributed by atoms with Gasteiger partial charge in [0.05, 0.1) is 9.95 Å². The molecule has 0 atom stereocenters. The van der Waals surface area contributed by atoms with Gasteiger partial charge in [0, 0.05) is 17.2 Å². The molecule has 0 saturated carbocycles. The molecule has 0 aliphatic heterocycles. The molecule has 2 aromatic rings. The molecule has 0 radical (unpaired) electrons. The molecule has 5 nitrogen and oxygen atoms in total. The number of nitrogens with zero attached hydrogens (tertiary/aromatic N) is 1. The molecular formula is C13H11BrClN3O2. The Hall–Kier alpha value is -1.79. The minimum atomic E-state index is -0.418. The molecule has 0 amide bonds. The maximum absolute atomic E-state index is 11.2. The Morgan fingerprint density at radius 3 is 2.55 bits per heavy atom. The van der Waals surface area contributed by atoms with Crippen LogP contribution in [0.1, 0.15) is 0 Å². The van der Waals surface area contributed by atoms with Crippen molar-refractivity contribution in [3.63, 3.8) is 0 Å². The molecule has 0 heterocycles. The first-order valence-corrected chi connectivity index (χ1v) is 6.87. The summed E-state index contributed by atoms with van der Waals surface area (Å²) in [4.78, 5) is 10.8. The average Bonchev–Trinajstić information content (AvgIpc) is 2.42. The second-order valence-corrected chi connectivity index (χ2v) is 5.22. The first kappa shape index (κ1) is 14.6. The van der Waals surface area contributed by atoms with E-state index < -0.39 is 4.92 Å². The number of hydrogen-bond acceptors (Lipinski definition) is 4. The summed E-state index contributed by atoms with van der Waals surface area (Å²) in [6, 6.07) is 10.3. The van der Waals surface area contributed by atoms with Crippen molar-refractivity contribution in [3.05, 3.63) is 56.0 Å². The monoisotopic (exact) mass is 355 g/mol. The summed E-state index contributed by atoms with van der Waals surface area (Å²) in [5, 5.41) is 17.6. The van der Waals surface area contributed by atoms with Crippen LogP contribution in [0.2, 0.25) is 5.02 Å². The SMILES string of the molecule is CNc1cccc(Nc2ccc(Cl)c(Br)c2)c1[N+](=O)[O-]. The van der Waals surface area contributed by atoms with E-state index in [1.54, 1.807) is 43.4 Å². The van der Waals surface area contributed by atoms with E-state index in [0.717, 1.165) is 4.47 Å². The van der Waals surface area contributed by atoms with Gasteiger partial charge in [-0.05, 0) is 46.3 Å². The van der Waals surface area contributed by atoms with Gasteiger partial charge >= 0.3 is 5.69 Å². The highest BCUT2D eigenvalue weighted by atomic mass is 79.9. The summed E-state index contributed by atoms with van der Waals surface area (Å²) in [5.41, 5.74) is 1.57. The normalized spacial score (nSPS) is 10.2. The Balaban J connectivity index is 2.42. The summed E-state index contributed by atoms with van der Waals surface area (Å²) in [5.74, 6) is 0. The molecule has 0 saturated heterocycles. The topological polar surface area (TPSA) is 67.2 Å². The molecule has 7 heteroatoms. The molecule has 0 bridgehead atoms. The maximum atomic E-state index is 11.2. The van der Waals surface area contributed by atoms with E-state index >= 15 is 0 Å². The van der Waals surface area contributed by atoms with Crippen LogP contribution in [0.25, 0.3) is 0 Å². The zero-order valence-electron chi connectivity index (χ0n) is 10.5. The fourth-order valence-corrected chi connectivity index (χ4v) is 2.27. The van der Waals surface area contributed by atoms with Crippen LogP contribution in [0.3, 0.4) is 0 Å². The lowest BCUT2D eigenvalue weighted by molar-refractivity contribution is -0.383. The Morgan fingerprint density at radius 1 is 1.25 bits per heavy atom. The van der Waals surface area contributed by atoms with Crippen molar-refractivity contribution >= 4 is 50.3 Å². The van der Waals surface area contributed by atoms with Crippen LogP contribution in [0.15, 0.2) is 40.9 Å². The van der Waals surface area contributed by atoms with E-state index in [0.29, 0.717) is 22.1 Å². The molecule has 0 fully saturated rings. The standard InChI is InChI=1S/C13H11BrClN3O2/c1-16-11-3-2-4-12(13(11)18(19)20)17-8-5-6-10(15)9(14)7-8/h2-7,16-17H,1H3. The zero-order chi connectivity index (χ0) is 14.7. The lowest BCUT2D eigenvalue weighted by Gasteiger charge is -2.10. The summed E-state index contributed by atoms with van der Waals surface area (Å²) in [6.07, 6.45) is 0. The van der Waals surface area contributed by atoms with Crippen LogP contribution < -0.4 is 10.6 Å². The molecular weight excluding hydrogens is 346 g/mol. The molecule has 2 aromatic carbocycles. The summed E-state index contributed by atoms with van der Waals surface area (Å²) < 4.78 is 0.719. The van der Waals surface area contributed by atoms with Gasteiger partial charge < -0.3 is 10.6 Å². The number of para-hydroxylation sites is 1. The predicted octanol–water partition coefficient (Wildman–Crippen LogP) is 4.80. The highest BCUT2D eigenvalue weighted by molar-refractivity contribution is 9.10. The molecule has 0 spiro atoms. The number of rotatable bonds is 4. The number of nitro benzene ring substituents is 1. The minimum absolute atomic E-state index is 0.000993. The molecule has 0 aliphatic rings. The molecule has 0 aliphatic carbocycles. The van der Waals surface area contributed by atoms with Crippen LogP contribution in [-0.2, 0) is 0 Å². The lowest BCUT2D eigenvalue weighted by atomic mass is 10.2. The van der Waals surface area contributed by atoms with Crippen LogP contribution in [0, 0.1) is 10.1 Å². The van der Waals surface area contributed by atoms with Crippen LogP contribution in [-0.4, -0.2) is 12.0 Å². The van der Waals surface area contributed by atoms with E-state index in [1.165, 1.54) is 0 Å². The Labute approximate surface area is 129 Å². The van der Waals surface area contributed by atoms with Gasteiger partial charge in [0.15, 0.2) is 0 Å². The third-order valence-corrected chi connectivity index (χ3v) is 3.90. The van der Waals surface area contributed by atoms with E-state index in [1.807, 2.05) is 0 Å². The minimum Gasteiger partial charge on any atom is -0.382 e. The molecule has 0 unspecified atom stereocenters. The predicted molar refractivity (Wildman–Crippen MR) is 85.1 cm³/mol. The third kappa shape index (κ3) is 3.02. The number of nitrogens with one attached hydrogen (secondary N) is 2. The van der Waals surface area contributed by atoms with Gasteiger partial charge in [-0.3, -0.25) is 10.1 Å². The van der Waals surface area contributed by atoms with Crippen molar-refractivity contribution in [2.45, 2.75) is 0 Å². The molecule has 2 N–H and O–H groups in total. The van der Waals surface area contributed by atoms with Crippen LogP contribution in [0.5, 0.6) is 0 Å². The van der Waals surface area contributed by atoms with Crippen molar-refractivity contribution in [2.24, 2.45) is 0 Å². The number of halogens is 2. The maximum Gasteiger partial charge on any atom is 0.315 e. The molecule has 20 heavy (non-hydrogen) atoms. The van der Waals surface area contributed by atoms with E-state index in [-0.39, 0.29) is 5.69 Å². The van der Waals surface area contributed by atoms with Gasteiger partial charge in [-0.15, -0.1) is 0 Å². The van der Waals surface area contributed by atoms with Crippen molar-refractivity contribution in [1.29, 1.82) is 0 Å². The Morgan fingerprint density at radius 2 is 1.95 bits per heavy atom. The van der Waals surface area contributed by atoms with Crippen molar-refractivity contribution in [2.75, 3.05) is 17.7 Å². The van der Waals surface area contributed by atoms with E-state index in [4.69, 9.17) is 11.6 Å². The van der Waals surface area contributed by atoms with Gasteiger partial charge in [0.25, 0.3) is 0 Å². The quantitative estimate of drug-likeness (QED) is 0.610. The second kappa shape index (κ2) is 6.11. The molecule has 2 rings (SSSR count). The highest BCUT2D eigenvalue weighted by Crippen LogP contribution is 2.35. The number of nitro groups is 1. The summed E-state index contributed by atoms with van der Waals surface area (Å²) >= 11 is 9.24. The van der Waals surface area contributed by atoms with Gasteiger partial charge in [-0.2, -0.15) is 0 Å². The van der Waals surface area contributed by atoms with Crippen molar-refractivity contribution in [1.82, 2.24) is 0 Å². The van der Waals surface area contributed by atoms with Crippen LogP contribution in [0.4, 0.5) is 22.7 Å². The van der Waals surface area contributed by atoms with Gasteiger partial charge in [-0.1, -0.05) is 17.7 Å². The molecule has 104 valence electrons. The van der Waals surface area contributed by atoms with Gasteiger partial charge in [-0.25, -0.2) is 0 Å². The molecule has 0 aromatic heterocycles. The first-order valence-electron chi connectivity index (χ1n) is 5.70. The smallest absolute Gasteiger partial charge is 0.315 e. The van der Waals surface area contributed by atoms with E-state index in [2.05, 4.69) is 26.6 Å². The van der Waals surface area contributed by atoms with Gasteiger partial charge in [0.1, 0.15) is 11.4 Å². The fourth-order valence-electron chi connectivity index (χ4n) is 1.77. The third-order valence-electron chi connectivity index (χ3n) is 2.69. The average molecular weight is 357 g/mol. The number of hydrogen-bond donors (Lipinski definition) is 2. The highest BCUT2D eigenvalue weighted by Gasteiger charge is 2.19. The Bertz CT molecular complexity index is 664.